The van der Waals surface area contributed by atoms with Crippen LogP contribution in [0.3, 0.4) is 0 Å². The number of anilines is 1. The van der Waals surface area contributed by atoms with Gasteiger partial charge in [-0.2, -0.15) is 13.2 Å². The van der Waals surface area contributed by atoms with Crippen molar-refractivity contribution in [3.8, 4) is 0 Å². The molecular weight excluding hydrogens is 441 g/mol. The fraction of sp³-hybridized carbons (Fsp3) is 0.650. The first kappa shape index (κ1) is 26.6. The number of carbonyl (C=O) groups excluding carboxylic acids is 1. The minimum atomic E-state index is -4.71. The predicted molar refractivity (Wildman–Crippen MR) is 114 cm³/mol. The Morgan fingerprint density at radius 1 is 1.13 bits per heavy atom. The highest BCUT2D eigenvalue weighted by Gasteiger charge is 2.34. The number of halogens is 4. The molecule has 0 bridgehead atoms. The number of hydrogen-bond acceptors (Lipinski definition) is 3. The van der Waals surface area contributed by atoms with E-state index in [4.69, 9.17) is 11.6 Å². The summed E-state index contributed by atoms with van der Waals surface area (Å²) in [6.45, 7) is 9.87. The van der Waals surface area contributed by atoms with Crippen LogP contribution in [0.1, 0.15) is 59.4 Å². The van der Waals surface area contributed by atoms with Gasteiger partial charge in [0.25, 0.3) is 0 Å². The molecule has 0 aliphatic carbocycles. The van der Waals surface area contributed by atoms with E-state index in [9.17, 15) is 26.4 Å². The molecule has 0 fully saturated rings. The molecule has 1 N–H and O–H groups in total. The number of carbonyl (C=O) groups is 1. The van der Waals surface area contributed by atoms with Crippen LogP contribution < -0.4 is 9.62 Å². The molecule has 0 spiro atoms. The van der Waals surface area contributed by atoms with Crippen molar-refractivity contribution in [2.24, 2.45) is 5.41 Å². The number of alkyl halides is 3. The largest absolute Gasteiger partial charge is 0.417 e. The molecule has 0 unspecified atom stereocenters. The molecule has 10 heteroatoms. The van der Waals surface area contributed by atoms with Crippen molar-refractivity contribution in [3.05, 3.63) is 28.8 Å². The van der Waals surface area contributed by atoms with Gasteiger partial charge < -0.3 is 5.32 Å². The first-order valence-corrected chi connectivity index (χ1v) is 11.7. The summed E-state index contributed by atoms with van der Waals surface area (Å²) in [5.41, 5.74) is -1.70. The molecule has 5 nitrogen and oxygen atoms in total. The monoisotopic (exact) mass is 470 g/mol. The Morgan fingerprint density at radius 3 is 2.17 bits per heavy atom. The maximum absolute atomic E-state index is 13.1. The lowest BCUT2D eigenvalue weighted by Gasteiger charge is -2.33. The van der Waals surface area contributed by atoms with Gasteiger partial charge >= 0.3 is 6.18 Å². The SMILES string of the molecule is CC(C)(C)CC(C)(C)NC(=O)CCCN(c1ccc(Cl)c(C(F)(F)F)c1)S(C)(=O)=O. The molecule has 1 amide bonds. The van der Waals surface area contributed by atoms with Gasteiger partial charge in [-0.3, -0.25) is 9.10 Å². The van der Waals surface area contributed by atoms with E-state index < -0.39 is 32.3 Å². The third kappa shape index (κ3) is 8.71. The number of hydrogen-bond donors (Lipinski definition) is 1. The fourth-order valence-electron chi connectivity index (χ4n) is 3.57. The summed E-state index contributed by atoms with van der Waals surface area (Å²) in [6.07, 6.45) is -2.88. The van der Waals surface area contributed by atoms with E-state index in [1.54, 1.807) is 0 Å². The number of sulfonamides is 1. The van der Waals surface area contributed by atoms with Gasteiger partial charge in [0, 0.05) is 18.5 Å². The fourth-order valence-corrected chi connectivity index (χ4v) is 4.75. The van der Waals surface area contributed by atoms with Gasteiger partial charge in [0.15, 0.2) is 0 Å². The molecule has 0 aliphatic heterocycles. The van der Waals surface area contributed by atoms with Crippen LogP contribution in [0, 0.1) is 5.41 Å². The molecule has 172 valence electrons. The lowest BCUT2D eigenvalue weighted by Crippen LogP contribution is -2.46. The summed E-state index contributed by atoms with van der Waals surface area (Å²) >= 11 is 5.61. The van der Waals surface area contributed by atoms with Gasteiger partial charge in [-0.15, -0.1) is 0 Å². The maximum Gasteiger partial charge on any atom is 0.417 e. The van der Waals surface area contributed by atoms with Crippen molar-refractivity contribution in [1.82, 2.24) is 5.32 Å². The van der Waals surface area contributed by atoms with Crippen LogP contribution in [0.4, 0.5) is 18.9 Å². The molecule has 0 atom stereocenters. The molecule has 0 saturated carbocycles. The predicted octanol–water partition coefficient (Wildman–Crippen LogP) is 5.24. The Bertz CT molecular complexity index is 863. The van der Waals surface area contributed by atoms with Crippen LogP contribution in [0.5, 0.6) is 0 Å². The maximum atomic E-state index is 13.1. The van der Waals surface area contributed by atoms with Crippen molar-refractivity contribution in [1.29, 1.82) is 0 Å². The Labute approximate surface area is 182 Å². The molecule has 0 saturated heterocycles. The van der Waals surface area contributed by atoms with Crippen molar-refractivity contribution in [2.45, 2.75) is 65.6 Å². The zero-order valence-electron chi connectivity index (χ0n) is 18.2. The van der Waals surface area contributed by atoms with Crippen LogP contribution >= 0.6 is 11.6 Å². The third-order valence-corrected chi connectivity index (χ3v) is 5.68. The Hall–Kier alpha value is -1.48. The van der Waals surface area contributed by atoms with Crippen LogP contribution in [-0.2, 0) is 21.0 Å². The Morgan fingerprint density at radius 2 is 1.70 bits per heavy atom. The summed E-state index contributed by atoms with van der Waals surface area (Å²) in [4.78, 5) is 12.3. The second-order valence-corrected chi connectivity index (χ2v) is 11.6. The second kappa shape index (κ2) is 9.34. The average Bonchev–Trinajstić information content (AvgIpc) is 2.47. The van der Waals surface area contributed by atoms with E-state index >= 15 is 0 Å². The lowest BCUT2D eigenvalue weighted by molar-refractivity contribution is -0.137. The lowest BCUT2D eigenvalue weighted by atomic mass is 9.82. The van der Waals surface area contributed by atoms with Gasteiger partial charge in [-0.25, -0.2) is 8.42 Å². The van der Waals surface area contributed by atoms with Gasteiger partial charge in [-0.1, -0.05) is 32.4 Å². The number of amides is 1. The van der Waals surface area contributed by atoms with Gasteiger partial charge in [0.1, 0.15) is 0 Å². The van der Waals surface area contributed by atoms with Crippen LogP contribution in [0.25, 0.3) is 0 Å². The normalized spacial score (nSPS) is 13.3. The van der Waals surface area contributed by atoms with E-state index in [2.05, 4.69) is 26.1 Å². The van der Waals surface area contributed by atoms with Crippen molar-refractivity contribution in [2.75, 3.05) is 17.1 Å². The molecule has 0 aromatic heterocycles. The third-order valence-electron chi connectivity index (χ3n) is 4.16. The first-order chi connectivity index (χ1) is 13.3. The second-order valence-electron chi connectivity index (χ2n) is 9.27. The highest BCUT2D eigenvalue weighted by Crippen LogP contribution is 2.37. The summed E-state index contributed by atoms with van der Waals surface area (Å²) < 4.78 is 64.5. The standard InChI is InChI=1S/C20H30ClF3N2O3S/c1-18(2,3)13-19(4,5)25-17(27)8-7-11-26(30(6,28)29)14-9-10-16(21)15(12-14)20(22,23)24/h9-10,12H,7-8,11,13H2,1-6H3,(H,25,27). The van der Waals surface area contributed by atoms with Gasteiger partial charge in [0.2, 0.25) is 15.9 Å². The van der Waals surface area contributed by atoms with Crippen LogP contribution in [0.2, 0.25) is 5.02 Å². The summed E-state index contributed by atoms with van der Waals surface area (Å²) in [5, 5.41) is 2.41. The van der Waals surface area contributed by atoms with Crippen LogP contribution in [-0.4, -0.2) is 32.7 Å². The summed E-state index contributed by atoms with van der Waals surface area (Å²) in [5.74, 6) is -0.246. The van der Waals surface area contributed by atoms with Crippen molar-refractivity contribution in [3.63, 3.8) is 0 Å². The molecular formula is C20H30ClF3N2O3S. The molecule has 0 heterocycles. The summed E-state index contributed by atoms with van der Waals surface area (Å²) in [6, 6.07) is 2.93. The zero-order valence-corrected chi connectivity index (χ0v) is 19.7. The molecule has 0 aliphatic rings. The highest BCUT2D eigenvalue weighted by atomic mass is 35.5. The Balaban J connectivity index is 2.89. The average molecular weight is 471 g/mol. The molecule has 30 heavy (non-hydrogen) atoms. The van der Waals surface area contributed by atoms with Crippen molar-refractivity contribution < 1.29 is 26.4 Å². The van der Waals surface area contributed by atoms with E-state index in [0.29, 0.717) is 6.07 Å². The van der Waals surface area contributed by atoms with Crippen LogP contribution in [0.15, 0.2) is 18.2 Å². The summed E-state index contributed by atoms with van der Waals surface area (Å²) in [7, 11) is -3.86. The van der Waals surface area contributed by atoms with E-state index in [0.717, 1.165) is 23.0 Å². The molecule has 1 aromatic rings. The van der Waals surface area contributed by atoms with Gasteiger partial charge in [0.05, 0.1) is 22.5 Å². The molecule has 1 rings (SSSR count). The number of rotatable bonds is 8. The van der Waals surface area contributed by atoms with Gasteiger partial charge in [-0.05, 0) is 50.3 Å². The quantitative estimate of drug-likeness (QED) is 0.565. The van der Waals surface area contributed by atoms with E-state index in [1.165, 1.54) is 6.07 Å². The Kier molecular flexibility index (Phi) is 8.27. The smallest absolute Gasteiger partial charge is 0.351 e. The molecule has 1 aromatic carbocycles. The van der Waals surface area contributed by atoms with Crippen molar-refractivity contribution >= 4 is 33.2 Å². The molecule has 0 radical (unpaired) electrons. The topological polar surface area (TPSA) is 66.5 Å². The minimum absolute atomic E-state index is 0.00857. The minimum Gasteiger partial charge on any atom is -0.351 e. The van der Waals surface area contributed by atoms with E-state index in [1.807, 2.05) is 13.8 Å². The first-order valence-electron chi connectivity index (χ1n) is 9.47. The number of nitrogens with one attached hydrogen (secondary N) is 1. The number of nitrogens with zero attached hydrogens (tertiary/aromatic N) is 1. The highest BCUT2D eigenvalue weighted by molar-refractivity contribution is 7.92. The zero-order chi connectivity index (χ0) is 23.5. The number of benzene rings is 1. The van der Waals surface area contributed by atoms with E-state index in [-0.39, 0.29) is 36.4 Å².